The van der Waals surface area contributed by atoms with Gasteiger partial charge in [-0.15, -0.1) is 0 Å². The van der Waals surface area contributed by atoms with E-state index >= 15 is 0 Å². The van der Waals surface area contributed by atoms with Crippen molar-refractivity contribution >= 4 is 40.5 Å². The number of benzene rings is 3. The van der Waals surface area contributed by atoms with Crippen molar-refractivity contribution in [2.45, 2.75) is 25.8 Å². The number of carbonyl (C=O) groups is 2. The Bertz CT molecular complexity index is 1770. The molecule has 214 valence electrons. The van der Waals surface area contributed by atoms with Crippen LogP contribution < -0.4 is 21.1 Å². The molecule has 7 nitrogen and oxygen atoms in total. The van der Waals surface area contributed by atoms with Gasteiger partial charge in [-0.05, 0) is 73.4 Å². The first-order chi connectivity index (χ1) is 20.2. The van der Waals surface area contributed by atoms with Gasteiger partial charge < -0.3 is 20.1 Å². The lowest BCUT2D eigenvalue weighted by Crippen LogP contribution is -2.47. The summed E-state index contributed by atoms with van der Waals surface area (Å²) in [5.41, 5.74) is 2.64. The van der Waals surface area contributed by atoms with E-state index in [1.165, 1.54) is 12.1 Å². The molecule has 42 heavy (non-hydrogen) atoms. The number of nitrogens with zero attached hydrogens (tertiary/aromatic N) is 2. The van der Waals surface area contributed by atoms with Crippen LogP contribution in [0.1, 0.15) is 44.3 Å². The zero-order chi connectivity index (χ0) is 29.5. The van der Waals surface area contributed by atoms with Crippen LogP contribution in [0.4, 0.5) is 25.8 Å². The third-order valence-corrected chi connectivity index (χ3v) is 8.20. The Hall–Kier alpha value is -4.50. The van der Waals surface area contributed by atoms with Gasteiger partial charge in [-0.1, -0.05) is 29.8 Å². The number of carbonyl (C=O) groups excluding carboxylic acids is 2. The Morgan fingerprint density at radius 2 is 1.60 bits per heavy atom. The van der Waals surface area contributed by atoms with Crippen LogP contribution >= 0.6 is 11.6 Å². The second-order valence-electron chi connectivity index (χ2n) is 10.8. The summed E-state index contributed by atoms with van der Waals surface area (Å²) in [5, 5.41) is 5.97. The number of fused-ring (bicyclic) bond motifs is 4. The van der Waals surface area contributed by atoms with Gasteiger partial charge in [0.05, 0.1) is 11.4 Å². The first-order valence-corrected chi connectivity index (χ1v) is 14.0. The van der Waals surface area contributed by atoms with Gasteiger partial charge >= 0.3 is 0 Å². The predicted molar refractivity (Wildman–Crippen MR) is 159 cm³/mol. The summed E-state index contributed by atoms with van der Waals surface area (Å²) in [6.07, 6.45) is 0.918. The third-order valence-electron chi connectivity index (χ3n) is 7.97. The number of anilines is 3. The lowest BCUT2D eigenvalue weighted by atomic mass is 9.83. The van der Waals surface area contributed by atoms with Crippen LogP contribution in [-0.2, 0) is 6.54 Å². The molecule has 0 unspecified atom stereocenters. The topological polar surface area (TPSA) is 83.4 Å². The molecule has 1 aromatic heterocycles. The summed E-state index contributed by atoms with van der Waals surface area (Å²) in [6.45, 7) is 3.57. The van der Waals surface area contributed by atoms with Gasteiger partial charge in [-0.25, -0.2) is 8.78 Å². The monoisotopic (exact) mass is 588 g/mol. The quantitative estimate of drug-likeness (QED) is 0.290. The molecule has 10 heteroatoms. The highest BCUT2D eigenvalue weighted by Crippen LogP contribution is 2.39. The van der Waals surface area contributed by atoms with E-state index in [9.17, 15) is 23.2 Å². The predicted octanol–water partition coefficient (Wildman–Crippen LogP) is 6.22. The number of aromatic nitrogens is 1. The molecule has 0 saturated carbocycles. The Balaban J connectivity index is 1.36. The van der Waals surface area contributed by atoms with Crippen molar-refractivity contribution in [1.82, 2.24) is 4.57 Å². The minimum atomic E-state index is -0.992. The number of hydrogen-bond acceptors (Lipinski definition) is 4. The molecule has 1 fully saturated rings. The third kappa shape index (κ3) is 5.27. The van der Waals surface area contributed by atoms with Crippen LogP contribution in [0.25, 0.3) is 0 Å². The summed E-state index contributed by atoms with van der Waals surface area (Å²) in [4.78, 5) is 41.0. The molecule has 4 aromatic rings. The van der Waals surface area contributed by atoms with Gasteiger partial charge in [0.2, 0.25) is 0 Å². The standard InChI is InChI=1S/C32H27ClF2N4O3/c1-18-8-10-22(33)14-25(18)36-31(41)20-9-11-28(26(13-20)37-32(42)30-23(34)4-2-5-24(30)35)38-15-19-12-21(17-38)27-6-3-7-29(40)39(27)16-19/h2-11,13-14,19,21H,12,15-17H2,1H3,(H,36,41)(H,37,42)/t19-,21+/m1/s1. The van der Waals surface area contributed by atoms with Gasteiger partial charge in [0, 0.05) is 53.6 Å². The summed E-state index contributed by atoms with van der Waals surface area (Å²) in [7, 11) is 0. The molecule has 3 aromatic carbocycles. The summed E-state index contributed by atoms with van der Waals surface area (Å²) < 4.78 is 30.8. The molecule has 2 aliphatic heterocycles. The van der Waals surface area contributed by atoms with Crippen LogP contribution in [0, 0.1) is 24.5 Å². The van der Waals surface area contributed by atoms with E-state index in [0.29, 0.717) is 36.0 Å². The van der Waals surface area contributed by atoms with E-state index < -0.39 is 29.0 Å². The van der Waals surface area contributed by atoms with Crippen molar-refractivity contribution in [1.29, 1.82) is 0 Å². The lowest BCUT2D eigenvalue weighted by molar-refractivity contribution is 0.101. The normalized spacial score (nSPS) is 17.4. The van der Waals surface area contributed by atoms with E-state index in [1.807, 2.05) is 17.6 Å². The van der Waals surface area contributed by atoms with Crippen molar-refractivity contribution < 1.29 is 18.4 Å². The molecule has 2 atom stereocenters. The number of rotatable bonds is 5. The smallest absolute Gasteiger partial charge is 0.261 e. The Kier molecular flexibility index (Phi) is 7.28. The van der Waals surface area contributed by atoms with Crippen molar-refractivity contribution in [2.24, 2.45) is 5.92 Å². The fraction of sp³-hybridized carbons (Fsp3) is 0.219. The van der Waals surface area contributed by atoms with E-state index in [2.05, 4.69) is 15.5 Å². The SMILES string of the molecule is Cc1ccc(Cl)cc1NC(=O)c1ccc(N2C[C@H]3C[C@@H](C2)c2cccc(=O)n2C3)c(NC(=O)c2c(F)cccc2F)c1. The molecule has 2 bridgehead atoms. The van der Waals surface area contributed by atoms with Crippen molar-refractivity contribution in [3.05, 3.63) is 122 Å². The maximum atomic E-state index is 14.5. The molecule has 2 aliphatic rings. The van der Waals surface area contributed by atoms with Gasteiger partial charge in [0.25, 0.3) is 17.4 Å². The van der Waals surface area contributed by atoms with E-state index in [-0.39, 0.29) is 28.6 Å². The molecule has 0 spiro atoms. The van der Waals surface area contributed by atoms with E-state index in [4.69, 9.17) is 11.6 Å². The average Bonchev–Trinajstić information content (AvgIpc) is 2.95. The van der Waals surface area contributed by atoms with Gasteiger partial charge in [0.15, 0.2) is 0 Å². The average molecular weight is 589 g/mol. The molecule has 1 saturated heterocycles. The highest BCUT2D eigenvalue weighted by atomic mass is 35.5. The number of halogens is 3. The van der Waals surface area contributed by atoms with E-state index in [1.54, 1.807) is 42.5 Å². The van der Waals surface area contributed by atoms with E-state index in [0.717, 1.165) is 29.8 Å². The Morgan fingerprint density at radius 1 is 0.857 bits per heavy atom. The van der Waals surface area contributed by atoms with Gasteiger partial charge in [-0.3, -0.25) is 14.4 Å². The maximum Gasteiger partial charge on any atom is 0.261 e. The molecular formula is C32H27ClF2N4O3. The van der Waals surface area contributed by atoms with Gasteiger partial charge in [0.1, 0.15) is 17.2 Å². The van der Waals surface area contributed by atoms with Crippen LogP contribution in [0.15, 0.2) is 77.6 Å². The number of aryl methyl sites for hydroxylation is 1. The van der Waals surface area contributed by atoms with Crippen molar-refractivity contribution in [3.63, 3.8) is 0 Å². The largest absolute Gasteiger partial charge is 0.369 e. The van der Waals surface area contributed by atoms with Crippen LogP contribution in [0.5, 0.6) is 0 Å². The minimum absolute atomic E-state index is 0.0270. The zero-order valence-electron chi connectivity index (χ0n) is 22.7. The molecule has 2 N–H and O–H groups in total. The molecule has 6 rings (SSSR count). The first-order valence-electron chi connectivity index (χ1n) is 13.6. The summed E-state index contributed by atoms with van der Waals surface area (Å²) >= 11 is 6.12. The summed E-state index contributed by atoms with van der Waals surface area (Å²) in [5.74, 6) is -3.14. The Labute approximate surface area is 245 Å². The lowest BCUT2D eigenvalue weighted by Gasteiger charge is -2.44. The Morgan fingerprint density at radius 3 is 2.38 bits per heavy atom. The van der Waals surface area contributed by atoms with Crippen LogP contribution in [0.2, 0.25) is 5.02 Å². The maximum absolute atomic E-state index is 14.5. The summed E-state index contributed by atoms with van der Waals surface area (Å²) in [6, 6.07) is 18.5. The van der Waals surface area contributed by atoms with Crippen molar-refractivity contribution in [3.8, 4) is 0 Å². The van der Waals surface area contributed by atoms with Crippen LogP contribution in [0.3, 0.4) is 0 Å². The highest BCUT2D eigenvalue weighted by Gasteiger charge is 2.35. The van der Waals surface area contributed by atoms with Gasteiger partial charge in [-0.2, -0.15) is 0 Å². The number of amides is 2. The minimum Gasteiger partial charge on any atom is -0.369 e. The first kappa shape index (κ1) is 27.7. The molecule has 0 radical (unpaired) electrons. The van der Waals surface area contributed by atoms with Crippen molar-refractivity contribution in [2.75, 3.05) is 28.6 Å². The molecule has 0 aliphatic carbocycles. The highest BCUT2D eigenvalue weighted by molar-refractivity contribution is 6.31. The number of nitrogens with one attached hydrogen (secondary N) is 2. The second kappa shape index (κ2) is 11.1. The second-order valence-corrected chi connectivity index (χ2v) is 11.2. The molecular weight excluding hydrogens is 562 g/mol. The number of piperidine rings is 1. The zero-order valence-corrected chi connectivity index (χ0v) is 23.4. The number of pyridine rings is 1. The number of hydrogen-bond donors (Lipinski definition) is 2. The molecule has 2 amide bonds. The molecule has 3 heterocycles. The fourth-order valence-electron chi connectivity index (χ4n) is 5.97. The fourth-order valence-corrected chi connectivity index (χ4v) is 6.14. The van der Waals surface area contributed by atoms with Crippen LogP contribution in [-0.4, -0.2) is 29.5 Å².